The third kappa shape index (κ3) is 2.49. The molecule has 5 nitrogen and oxygen atoms in total. The van der Waals surface area contributed by atoms with Gasteiger partial charge in [-0.05, 0) is 6.07 Å². The molecule has 0 unspecified atom stereocenters. The molecule has 2 aromatic rings. The van der Waals surface area contributed by atoms with Crippen LogP contribution in [0.3, 0.4) is 0 Å². The van der Waals surface area contributed by atoms with E-state index in [1.807, 2.05) is 0 Å². The van der Waals surface area contributed by atoms with E-state index in [0.29, 0.717) is 23.7 Å². The van der Waals surface area contributed by atoms with Gasteiger partial charge in [-0.1, -0.05) is 18.2 Å². The van der Waals surface area contributed by atoms with E-state index in [9.17, 15) is 9.18 Å². The molecule has 0 saturated heterocycles. The number of hydrogen-bond donors (Lipinski definition) is 1. The van der Waals surface area contributed by atoms with Crippen molar-refractivity contribution >= 4 is 5.91 Å². The van der Waals surface area contributed by atoms with E-state index in [2.05, 4.69) is 10.4 Å². The maximum absolute atomic E-state index is 13.4. The summed E-state index contributed by atoms with van der Waals surface area (Å²) < 4.78 is 20.5. The van der Waals surface area contributed by atoms with Crippen LogP contribution in [0.15, 0.2) is 30.3 Å². The molecule has 0 spiro atoms. The molecule has 1 aromatic carbocycles. The van der Waals surface area contributed by atoms with E-state index in [-0.39, 0.29) is 18.3 Å². The summed E-state index contributed by atoms with van der Waals surface area (Å²) in [6.45, 7) is 1.52. The van der Waals surface area contributed by atoms with Crippen LogP contribution in [0.4, 0.5) is 4.39 Å². The Morgan fingerprint density at radius 1 is 1.45 bits per heavy atom. The van der Waals surface area contributed by atoms with Crippen molar-refractivity contribution in [1.29, 1.82) is 0 Å². The zero-order valence-electron chi connectivity index (χ0n) is 10.8. The average molecular weight is 275 g/mol. The summed E-state index contributed by atoms with van der Waals surface area (Å²) in [5, 5.41) is 6.83. The first kappa shape index (κ1) is 12.7. The number of halogens is 1. The highest BCUT2D eigenvalue weighted by atomic mass is 19.1. The average Bonchev–Trinajstić information content (AvgIpc) is 2.90. The molecule has 3 rings (SSSR count). The zero-order valence-corrected chi connectivity index (χ0v) is 10.8. The van der Waals surface area contributed by atoms with Gasteiger partial charge in [-0.15, -0.1) is 0 Å². The molecule has 1 aliphatic rings. The molecule has 0 atom stereocenters. The van der Waals surface area contributed by atoms with Crippen molar-refractivity contribution in [1.82, 2.24) is 15.1 Å². The Morgan fingerprint density at radius 3 is 3.10 bits per heavy atom. The van der Waals surface area contributed by atoms with E-state index in [1.54, 1.807) is 28.9 Å². The number of rotatable bonds is 3. The molecular formula is C14H14FN3O2. The van der Waals surface area contributed by atoms with Crippen molar-refractivity contribution < 1.29 is 13.9 Å². The molecule has 1 aromatic heterocycles. The number of carbonyl (C=O) groups is 1. The normalized spacial score (nSPS) is 13.4. The number of amides is 1. The molecule has 1 amide bonds. The summed E-state index contributed by atoms with van der Waals surface area (Å²) in [6, 6.07) is 7.95. The van der Waals surface area contributed by atoms with Crippen LogP contribution in [0.2, 0.25) is 0 Å². The molecule has 0 saturated carbocycles. The fraction of sp³-hybridized carbons (Fsp3) is 0.286. The quantitative estimate of drug-likeness (QED) is 0.928. The number of benzene rings is 1. The zero-order chi connectivity index (χ0) is 13.9. The Morgan fingerprint density at radius 2 is 2.30 bits per heavy atom. The lowest BCUT2D eigenvalue weighted by Crippen LogP contribution is -2.24. The van der Waals surface area contributed by atoms with E-state index in [0.717, 1.165) is 13.0 Å². The van der Waals surface area contributed by atoms with Crippen LogP contribution in [0.25, 0.3) is 0 Å². The minimum absolute atomic E-state index is 0.133. The first-order chi connectivity index (χ1) is 9.74. The minimum Gasteiger partial charge on any atom is -0.478 e. The number of carbonyl (C=O) groups excluding carboxylic acids is 1. The Hall–Kier alpha value is -2.37. The van der Waals surface area contributed by atoms with E-state index in [1.165, 1.54) is 6.07 Å². The lowest BCUT2D eigenvalue weighted by Gasteiger charge is -2.13. The van der Waals surface area contributed by atoms with Gasteiger partial charge in [0, 0.05) is 31.1 Å². The molecule has 0 aliphatic carbocycles. The van der Waals surface area contributed by atoms with E-state index < -0.39 is 0 Å². The van der Waals surface area contributed by atoms with Crippen LogP contribution in [-0.2, 0) is 13.1 Å². The van der Waals surface area contributed by atoms with Crippen molar-refractivity contribution in [3.63, 3.8) is 0 Å². The summed E-state index contributed by atoms with van der Waals surface area (Å²) >= 11 is 0. The van der Waals surface area contributed by atoms with Gasteiger partial charge in [0.05, 0.1) is 6.61 Å². The molecule has 2 heterocycles. The largest absolute Gasteiger partial charge is 0.478 e. The minimum atomic E-state index is -0.334. The van der Waals surface area contributed by atoms with Crippen LogP contribution >= 0.6 is 0 Å². The highest BCUT2D eigenvalue weighted by molar-refractivity contribution is 5.92. The second-order valence-electron chi connectivity index (χ2n) is 4.57. The number of aryl methyl sites for hydroxylation is 1. The van der Waals surface area contributed by atoms with Gasteiger partial charge in [-0.3, -0.25) is 4.79 Å². The van der Waals surface area contributed by atoms with E-state index >= 15 is 0 Å². The smallest absolute Gasteiger partial charge is 0.272 e. The van der Waals surface area contributed by atoms with Crippen molar-refractivity contribution in [3.05, 3.63) is 47.4 Å². The third-order valence-electron chi connectivity index (χ3n) is 3.14. The SMILES string of the molecule is O=C(NCc1ccccc1F)c1cc2n(n1)CCCO2. The highest BCUT2D eigenvalue weighted by Crippen LogP contribution is 2.18. The Bertz CT molecular complexity index is 616. The molecule has 0 radical (unpaired) electrons. The summed E-state index contributed by atoms with van der Waals surface area (Å²) in [4.78, 5) is 12.0. The second-order valence-corrected chi connectivity index (χ2v) is 4.57. The van der Waals surface area contributed by atoms with Gasteiger partial charge in [0.25, 0.3) is 5.91 Å². The second kappa shape index (κ2) is 5.32. The van der Waals surface area contributed by atoms with Gasteiger partial charge in [0.2, 0.25) is 5.88 Å². The highest BCUT2D eigenvalue weighted by Gasteiger charge is 2.17. The number of nitrogens with zero attached hydrogens (tertiary/aromatic N) is 2. The van der Waals surface area contributed by atoms with Crippen molar-refractivity contribution in [2.75, 3.05) is 6.61 Å². The van der Waals surface area contributed by atoms with Gasteiger partial charge in [-0.25, -0.2) is 9.07 Å². The van der Waals surface area contributed by atoms with Gasteiger partial charge >= 0.3 is 0 Å². The Labute approximate surface area is 115 Å². The summed E-state index contributed by atoms with van der Waals surface area (Å²) in [5.41, 5.74) is 0.735. The van der Waals surface area contributed by atoms with E-state index in [4.69, 9.17) is 4.74 Å². The molecular weight excluding hydrogens is 261 g/mol. The number of hydrogen-bond acceptors (Lipinski definition) is 3. The summed E-state index contributed by atoms with van der Waals surface area (Å²) in [5.74, 6) is -0.0636. The maximum Gasteiger partial charge on any atom is 0.272 e. The van der Waals surface area contributed by atoms with Crippen molar-refractivity contribution in [2.24, 2.45) is 0 Å². The van der Waals surface area contributed by atoms with Crippen molar-refractivity contribution in [2.45, 2.75) is 19.5 Å². The van der Waals surface area contributed by atoms with Gasteiger partial charge in [0.15, 0.2) is 5.69 Å². The molecule has 1 N–H and O–H groups in total. The van der Waals surface area contributed by atoms with Crippen LogP contribution in [-0.4, -0.2) is 22.3 Å². The van der Waals surface area contributed by atoms with Crippen LogP contribution < -0.4 is 10.1 Å². The van der Waals surface area contributed by atoms with Crippen LogP contribution in [0.5, 0.6) is 5.88 Å². The predicted molar refractivity (Wildman–Crippen MR) is 69.9 cm³/mol. The molecule has 0 bridgehead atoms. The third-order valence-corrected chi connectivity index (χ3v) is 3.14. The molecule has 6 heteroatoms. The fourth-order valence-corrected chi connectivity index (χ4v) is 2.09. The summed E-state index contributed by atoms with van der Waals surface area (Å²) in [7, 11) is 0. The predicted octanol–water partition coefficient (Wildman–Crippen LogP) is 1.73. The maximum atomic E-state index is 13.4. The molecule has 104 valence electrons. The first-order valence-electron chi connectivity index (χ1n) is 6.46. The van der Waals surface area contributed by atoms with Crippen LogP contribution in [0, 0.1) is 5.82 Å². The Balaban J connectivity index is 1.67. The Kier molecular flexibility index (Phi) is 3.37. The number of fused-ring (bicyclic) bond motifs is 1. The standard InChI is InChI=1S/C14H14FN3O2/c15-11-5-2-1-4-10(11)9-16-14(19)12-8-13-18(17-12)6-3-7-20-13/h1-2,4-5,8H,3,6-7,9H2,(H,16,19). The fourth-order valence-electron chi connectivity index (χ4n) is 2.09. The lowest BCUT2D eigenvalue weighted by molar-refractivity contribution is 0.0944. The molecule has 20 heavy (non-hydrogen) atoms. The topological polar surface area (TPSA) is 56.2 Å². The van der Waals surface area contributed by atoms with Crippen molar-refractivity contribution in [3.8, 4) is 5.88 Å². The first-order valence-corrected chi connectivity index (χ1v) is 6.46. The summed E-state index contributed by atoms with van der Waals surface area (Å²) in [6.07, 6.45) is 0.880. The number of ether oxygens (including phenoxy) is 1. The van der Waals surface area contributed by atoms with Crippen LogP contribution in [0.1, 0.15) is 22.5 Å². The van der Waals surface area contributed by atoms with Gasteiger partial charge < -0.3 is 10.1 Å². The lowest BCUT2D eigenvalue weighted by atomic mass is 10.2. The number of nitrogens with one attached hydrogen (secondary N) is 1. The molecule has 1 aliphatic heterocycles. The number of aromatic nitrogens is 2. The molecule has 0 fully saturated rings. The van der Waals surface area contributed by atoms with Gasteiger partial charge in [0.1, 0.15) is 5.82 Å². The monoisotopic (exact) mass is 275 g/mol. The van der Waals surface area contributed by atoms with Gasteiger partial charge in [-0.2, -0.15) is 5.10 Å².